The zero-order valence-corrected chi connectivity index (χ0v) is 20.7. The molecule has 2 fully saturated rings. The Balaban J connectivity index is 1.53. The SMILES string of the molecule is CN(Cc1ccccc1NC(=O)c1cc(S(=O)(=O)N2CCCC2)ccc1Cl)C1CCCCC1. The van der Waals surface area contributed by atoms with Crippen molar-refractivity contribution >= 4 is 33.2 Å². The van der Waals surface area contributed by atoms with Crippen molar-refractivity contribution in [2.45, 2.75) is 62.4 Å². The molecule has 1 aliphatic heterocycles. The van der Waals surface area contributed by atoms with Gasteiger partial charge >= 0.3 is 0 Å². The van der Waals surface area contributed by atoms with E-state index in [1.54, 1.807) is 0 Å². The predicted molar refractivity (Wildman–Crippen MR) is 132 cm³/mol. The number of benzene rings is 2. The largest absolute Gasteiger partial charge is 0.322 e. The van der Waals surface area contributed by atoms with E-state index in [1.165, 1.54) is 54.6 Å². The molecule has 0 atom stereocenters. The van der Waals surface area contributed by atoms with Gasteiger partial charge in [0, 0.05) is 31.4 Å². The van der Waals surface area contributed by atoms with Gasteiger partial charge in [-0.3, -0.25) is 9.69 Å². The molecule has 2 aromatic carbocycles. The van der Waals surface area contributed by atoms with Crippen LogP contribution in [0.1, 0.15) is 60.9 Å². The molecule has 1 saturated carbocycles. The number of hydrogen-bond acceptors (Lipinski definition) is 4. The summed E-state index contributed by atoms with van der Waals surface area (Å²) in [6, 6.07) is 12.7. The van der Waals surface area contributed by atoms with Gasteiger partial charge in [0.25, 0.3) is 5.91 Å². The van der Waals surface area contributed by atoms with Gasteiger partial charge in [-0.2, -0.15) is 4.31 Å². The zero-order chi connectivity index (χ0) is 23.4. The Hall–Kier alpha value is -1.93. The number of para-hydroxylation sites is 1. The summed E-state index contributed by atoms with van der Waals surface area (Å²) in [6.45, 7) is 1.75. The molecule has 0 bridgehead atoms. The van der Waals surface area contributed by atoms with E-state index in [9.17, 15) is 13.2 Å². The molecule has 178 valence electrons. The summed E-state index contributed by atoms with van der Waals surface area (Å²) in [7, 11) is -1.50. The van der Waals surface area contributed by atoms with Crippen LogP contribution in [-0.2, 0) is 16.6 Å². The predicted octanol–water partition coefficient (Wildman–Crippen LogP) is 5.14. The van der Waals surface area contributed by atoms with Gasteiger partial charge in [0.05, 0.1) is 15.5 Å². The third-order valence-corrected chi connectivity index (χ3v) is 8.99. The van der Waals surface area contributed by atoms with E-state index in [0.717, 1.165) is 24.9 Å². The average Bonchev–Trinajstić information content (AvgIpc) is 3.37. The van der Waals surface area contributed by atoms with Crippen molar-refractivity contribution in [3.63, 3.8) is 0 Å². The highest BCUT2D eigenvalue weighted by molar-refractivity contribution is 7.89. The molecule has 0 spiro atoms. The van der Waals surface area contributed by atoms with E-state index in [1.807, 2.05) is 24.3 Å². The van der Waals surface area contributed by atoms with Crippen LogP contribution in [0.5, 0.6) is 0 Å². The molecule has 1 aliphatic carbocycles. The fraction of sp³-hybridized carbons (Fsp3) is 0.480. The topological polar surface area (TPSA) is 69.7 Å². The Bertz CT molecular complexity index is 1090. The van der Waals surface area contributed by atoms with Gasteiger partial charge in [0.2, 0.25) is 10.0 Å². The van der Waals surface area contributed by atoms with Crippen LogP contribution in [0.3, 0.4) is 0 Å². The molecular weight excluding hydrogens is 458 g/mol. The second kappa shape index (κ2) is 10.6. The highest BCUT2D eigenvalue weighted by Gasteiger charge is 2.28. The number of nitrogens with zero attached hydrogens (tertiary/aromatic N) is 2. The van der Waals surface area contributed by atoms with Crippen LogP contribution in [0.2, 0.25) is 5.02 Å². The molecule has 1 amide bonds. The molecule has 2 aliphatic rings. The van der Waals surface area contributed by atoms with Crippen molar-refractivity contribution in [3.8, 4) is 0 Å². The monoisotopic (exact) mass is 489 g/mol. The van der Waals surface area contributed by atoms with Crippen LogP contribution in [-0.4, -0.2) is 49.7 Å². The maximum absolute atomic E-state index is 13.2. The second-order valence-corrected chi connectivity index (χ2v) is 11.4. The molecule has 0 unspecified atom stereocenters. The third-order valence-electron chi connectivity index (χ3n) is 6.77. The van der Waals surface area contributed by atoms with Gasteiger partial charge in [0.1, 0.15) is 0 Å². The van der Waals surface area contributed by atoms with Gasteiger partial charge in [-0.05, 0) is 62.6 Å². The number of nitrogens with one attached hydrogen (secondary N) is 1. The van der Waals surface area contributed by atoms with Gasteiger partial charge in [-0.25, -0.2) is 8.42 Å². The van der Waals surface area contributed by atoms with Gasteiger partial charge < -0.3 is 5.32 Å². The number of amides is 1. The van der Waals surface area contributed by atoms with Crippen LogP contribution in [0.25, 0.3) is 0 Å². The van der Waals surface area contributed by atoms with E-state index in [-0.39, 0.29) is 15.5 Å². The summed E-state index contributed by atoms with van der Waals surface area (Å²) in [5.74, 6) is -0.411. The summed E-state index contributed by atoms with van der Waals surface area (Å²) >= 11 is 6.32. The lowest BCUT2D eigenvalue weighted by Gasteiger charge is -2.31. The van der Waals surface area contributed by atoms with Gasteiger partial charge in [0.15, 0.2) is 0 Å². The summed E-state index contributed by atoms with van der Waals surface area (Å²) in [5.41, 5.74) is 1.90. The Morgan fingerprint density at radius 3 is 2.48 bits per heavy atom. The first-order valence-corrected chi connectivity index (χ1v) is 13.6. The lowest BCUT2D eigenvalue weighted by Crippen LogP contribution is -2.33. The molecule has 4 rings (SSSR count). The van der Waals surface area contributed by atoms with E-state index >= 15 is 0 Å². The maximum Gasteiger partial charge on any atom is 0.257 e. The van der Waals surface area contributed by atoms with Crippen LogP contribution in [0.4, 0.5) is 5.69 Å². The number of hydrogen-bond donors (Lipinski definition) is 1. The molecule has 6 nitrogen and oxygen atoms in total. The number of sulfonamides is 1. The minimum absolute atomic E-state index is 0.101. The van der Waals surface area contributed by atoms with E-state index in [2.05, 4.69) is 17.3 Å². The third kappa shape index (κ3) is 5.60. The molecule has 8 heteroatoms. The van der Waals surface area contributed by atoms with E-state index < -0.39 is 15.9 Å². The Kier molecular flexibility index (Phi) is 7.74. The minimum Gasteiger partial charge on any atom is -0.322 e. The van der Waals surface area contributed by atoms with Crippen molar-refractivity contribution in [3.05, 3.63) is 58.6 Å². The van der Waals surface area contributed by atoms with Crippen LogP contribution in [0.15, 0.2) is 47.4 Å². The molecule has 33 heavy (non-hydrogen) atoms. The van der Waals surface area contributed by atoms with Crippen molar-refractivity contribution in [1.82, 2.24) is 9.21 Å². The van der Waals surface area contributed by atoms with Gasteiger partial charge in [-0.1, -0.05) is 49.1 Å². The number of carbonyl (C=O) groups excluding carboxylic acids is 1. The van der Waals surface area contributed by atoms with Gasteiger partial charge in [-0.15, -0.1) is 0 Å². The first-order valence-electron chi connectivity index (χ1n) is 11.8. The number of carbonyl (C=O) groups is 1. The summed E-state index contributed by atoms with van der Waals surface area (Å²) in [5, 5.41) is 3.19. The lowest BCUT2D eigenvalue weighted by atomic mass is 9.94. The van der Waals surface area contributed by atoms with Crippen LogP contribution >= 0.6 is 11.6 Å². The normalized spacial score (nSPS) is 18.0. The zero-order valence-electron chi connectivity index (χ0n) is 19.1. The van der Waals surface area contributed by atoms with Crippen LogP contribution < -0.4 is 5.32 Å². The Labute approximate surface area is 202 Å². The smallest absolute Gasteiger partial charge is 0.257 e. The molecule has 2 aromatic rings. The van der Waals surface area contributed by atoms with Crippen molar-refractivity contribution in [2.75, 3.05) is 25.5 Å². The molecule has 0 aromatic heterocycles. The van der Waals surface area contributed by atoms with E-state index in [4.69, 9.17) is 11.6 Å². The fourth-order valence-electron chi connectivity index (χ4n) is 4.81. The van der Waals surface area contributed by atoms with Crippen molar-refractivity contribution in [2.24, 2.45) is 0 Å². The van der Waals surface area contributed by atoms with Crippen molar-refractivity contribution in [1.29, 1.82) is 0 Å². The maximum atomic E-state index is 13.2. The average molecular weight is 490 g/mol. The van der Waals surface area contributed by atoms with Crippen molar-refractivity contribution < 1.29 is 13.2 Å². The fourth-order valence-corrected chi connectivity index (χ4v) is 6.55. The molecule has 1 N–H and O–H groups in total. The number of rotatable bonds is 7. The number of halogens is 1. The highest BCUT2D eigenvalue weighted by Crippen LogP contribution is 2.28. The second-order valence-electron chi connectivity index (χ2n) is 9.07. The highest BCUT2D eigenvalue weighted by atomic mass is 35.5. The van der Waals surface area contributed by atoms with Crippen LogP contribution in [0, 0.1) is 0 Å². The number of anilines is 1. The lowest BCUT2D eigenvalue weighted by molar-refractivity contribution is 0.102. The Morgan fingerprint density at radius 1 is 1.06 bits per heavy atom. The summed E-state index contributed by atoms with van der Waals surface area (Å²) in [4.78, 5) is 15.6. The standard InChI is InChI=1S/C25H32ClN3O3S/c1-28(20-10-3-2-4-11-20)18-19-9-5-6-12-24(19)27-25(30)22-17-21(13-14-23(22)26)33(31,32)29-15-7-8-16-29/h5-6,9,12-14,17,20H,2-4,7-8,10-11,15-16,18H2,1H3,(H,27,30). The molecule has 1 saturated heterocycles. The Morgan fingerprint density at radius 2 is 1.76 bits per heavy atom. The summed E-state index contributed by atoms with van der Waals surface area (Å²) < 4.78 is 27.4. The van der Waals surface area contributed by atoms with E-state index in [0.29, 0.717) is 24.8 Å². The summed E-state index contributed by atoms with van der Waals surface area (Å²) in [6.07, 6.45) is 7.96. The quantitative estimate of drug-likeness (QED) is 0.584. The molecule has 1 heterocycles. The molecular formula is C25H32ClN3O3S. The first kappa shape index (κ1) is 24.2. The first-order chi connectivity index (χ1) is 15.9. The minimum atomic E-state index is -3.63. The molecule has 0 radical (unpaired) electrons.